The summed E-state index contributed by atoms with van der Waals surface area (Å²) >= 11 is 0. The Balaban J connectivity index is 1.97. The van der Waals surface area contributed by atoms with Gasteiger partial charge >= 0.3 is 0 Å². The summed E-state index contributed by atoms with van der Waals surface area (Å²) in [4.78, 5) is 13.6. The van der Waals surface area contributed by atoms with Crippen LogP contribution in [0.1, 0.15) is 24.8 Å². The van der Waals surface area contributed by atoms with Gasteiger partial charge in [0.2, 0.25) is 5.91 Å². The molecule has 0 radical (unpaired) electrons. The van der Waals surface area contributed by atoms with Gasteiger partial charge in [0.15, 0.2) is 0 Å². The van der Waals surface area contributed by atoms with Crippen LogP contribution in [0.3, 0.4) is 0 Å². The van der Waals surface area contributed by atoms with E-state index < -0.39 is 0 Å². The Kier molecular flexibility index (Phi) is 3.60. The molecule has 1 heterocycles. The van der Waals surface area contributed by atoms with Gasteiger partial charge in [0.05, 0.1) is 0 Å². The third kappa shape index (κ3) is 2.84. The molecule has 86 valence electrons. The predicted octanol–water partition coefficient (Wildman–Crippen LogP) is 2.49. The van der Waals surface area contributed by atoms with E-state index >= 15 is 0 Å². The van der Waals surface area contributed by atoms with Crippen LogP contribution in [-0.2, 0) is 11.2 Å². The van der Waals surface area contributed by atoms with E-state index in [9.17, 15) is 4.79 Å². The Bertz CT molecular complexity index is 347. The summed E-state index contributed by atoms with van der Waals surface area (Å²) in [6.07, 6.45) is 4.07. The number of likely N-dealkylation sites (tertiary alicyclic amines) is 1. The van der Waals surface area contributed by atoms with Gasteiger partial charge in [-0.25, -0.2) is 0 Å². The zero-order valence-electron chi connectivity index (χ0n) is 9.86. The summed E-state index contributed by atoms with van der Waals surface area (Å²) in [7, 11) is 1.91. The van der Waals surface area contributed by atoms with Crippen molar-refractivity contribution in [3.8, 4) is 0 Å². The molecule has 0 N–H and O–H groups in total. The van der Waals surface area contributed by atoms with Crippen LogP contribution >= 0.6 is 0 Å². The first kappa shape index (κ1) is 11.2. The zero-order chi connectivity index (χ0) is 11.4. The van der Waals surface area contributed by atoms with Gasteiger partial charge in [-0.15, -0.1) is 0 Å². The molecule has 1 aliphatic heterocycles. The molecule has 2 heteroatoms. The molecular weight excluding hydrogens is 198 g/mol. The molecule has 16 heavy (non-hydrogen) atoms. The zero-order valence-corrected chi connectivity index (χ0v) is 9.86. The van der Waals surface area contributed by atoms with Gasteiger partial charge in [0, 0.05) is 20.0 Å². The van der Waals surface area contributed by atoms with Crippen LogP contribution in [-0.4, -0.2) is 24.4 Å². The lowest BCUT2D eigenvalue weighted by atomic mass is 9.92. The van der Waals surface area contributed by atoms with Gasteiger partial charge in [0.1, 0.15) is 0 Å². The number of benzene rings is 1. The molecule has 1 unspecified atom stereocenters. The van der Waals surface area contributed by atoms with Crippen LogP contribution in [0.2, 0.25) is 0 Å². The maximum atomic E-state index is 11.7. The highest BCUT2D eigenvalue weighted by atomic mass is 16.2. The second-order valence-electron chi connectivity index (χ2n) is 4.72. The fraction of sp³-hybridized carbons (Fsp3) is 0.500. The SMILES string of the molecule is CN1CCCC(Cc2ccccc2)CC1=O. The number of carbonyl (C=O) groups excluding carboxylic acids is 1. The van der Waals surface area contributed by atoms with Crippen LogP contribution < -0.4 is 0 Å². The lowest BCUT2D eigenvalue weighted by molar-refractivity contribution is -0.130. The van der Waals surface area contributed by atoms with E-state index in [4.69, 9.17) is 0 Å². The van der Waals surface area contributed by atoms with Crippen molar-refractivity contribution in [2.45, 2.75) is 25.7 Å². The van der Waals surface area contributed by atoms with Gasteiger partial charge in [0.25, 0.3) is 0 Å². The van der Waals surface area contributed by atoms with Crippen LogP contribution in [0.25, 0.3) is 0 Å². The van der Waals surface area contributed by atoms with Gasteiger partial charge in [-0.3, -0.25) is 4.79 Å². The monoisotopic (exact) mass is 217 g/mol. The average Bonchev–Trinajstić information content (AvgIpc) is 2.43. The summed E-state index contributed by atoms with van der Waals surface area (Å²) in [6.45, 7) is 0.921. The number of carbonyl (C=O) groups is 1. The number of nitrogens with zero attached hydrogens (tertiary/aromatic N) is 1. The summed E-state index contributed by atoms with van der Waals surface area (Å²) < 4.78 is 0. The first-order valence-electron chi connectivity index (χ1n) is 6.03. The molecule has 0 aliphatic carbocycles. The smallest absolute Gasteiger partial charge is 0.222 e. The van der Waals surface area contributed by atoms with Gasteiger partial charge in [-0.05, 0) is 30.7 Å². The molecule has 1 fully saturated rings. The second kappa shape index (κ2) is 5.15. The predicted molar refractivity (Wildman–Crippen MR) is 65.1 cm³/mol. The van der Waals surface area contributed by atoms with Crippen LogP contribution in [0.4, 0.5) is 0 Å². The Hall–Kier alpha value is -1.31. The molecule has 0 aromatic heterocycles. The summed E-state index contributed by atoms with van der Waals surface area (Å²) in [5, 5.41) is 0. The maximum absolute atomic E-state index is 11.7. The Morgan fingerprint density at radius 2 is 2.06 bits per heavy atom. The third-order valence-electron chi connectivity index (χ3n) is 3.36. The first-order chi connectivity index (χ1) is 7.75. The molecule has 0 saturated carbocycles. The molecule has 1 amide bonds. The Morgan fingerprint density at radius 3 is 2.81 bits per heavy atom. The standard InChI is InChI=1S/C14H19NO/c1-15-9-5-8-13(11-14(15)16)10-12-6-3-2-4-7-12/h2-4,6-7,13H,5,8-11H2,1H3. The summed E-state index contributed by atoms with van der Waals surface area (Å²) in [5.41, 5.74) is 1.35. The van der Waals surface area contributed by atoms with Crippen LogP contribution in [0.15, 0.2) is 30.3 Å². The summed E-state index contributed by atoms with van der Waals surface area (Å²) in [6, 6.07) is 10.5. The van der Waals surface area contributed by atoms with E-state index in [0.29, 0.717) is 18.2 Å². The molecule has 1 atom stereocenters. The van der Waals surface area contributed by atoms with E-state index in [0.717, 1.165) is 19.4 Å². The largest absolute Gasteiger partial charge is 0.346 e. The maximum Gasteiger partial charge on any atom is 0.222 e. The lowest BCUT2D eigenvalue weighted by Gasteiger charge is -2.14. The Morgan fingerprint density at radius 1 is 1.31 bits per heavy atom. The third-order valence-corrected chi connectivity index (χ3v) is 3.36. The molecule has 1 aliphatic rings. The van der Waals surface area contributed by atoms with Crippen molar-refractivity contribution < 1.29 is 4.79 Å². The topological polar surface area (TPSA) is 20.3 Å². The van der Waals surface area contributed by atoms with Crippen molar-refractivity contribution in [3.05, 3.63) is 35.9 Å². The minimum absolute atomic E-state index is 0.304. The molecule has 1 aromatic carbocycles. The number of amides is 1. The van der Waals surface area contributed by atoms with Crippen molar-refractivity contribution in [1.82, 2.24) is 4.90 Å². The highest BCUT2D eigenvalue weighted by Gasteiger charge is 2.20. The molecular formula is C14H19NO. The quantitative estimate of drug-likeness (QED) is 0.745. The van der Waals surface area contributed by atoms with Crippen molar-refractivity contribution >= 4 is 5.91 Å². The van der Waals surface area contributed by atoms with E-state index in [-0.39, 0.29) is 0 Å². The number of rotatable bonds is 2. The lowest BCUT2D eigenvalue weighted by Crippen LogP contribution is -2.26. The average molecular weight is 217 g/mol. The normalized spacial score (nSPS) is 21.9. The highest BCUT2D eigenvalue weighted by Crippen LogP contribution is 2.21. The molecule has 2 rings (SSSR count). The van der Waals surface area contributed by atoms with E-state index in [1.165, 1.54) is 12.0 Å². The van der Waals surface area contributed by atoms with Crippen molar-refractivity contribution in [2.75, 3.05) is 13.6 Å². The van der Waals surface area contributed by atoms with Crippen molar-refractivity contribution in [3.63, 3.8) is 0 Å². The van der Waals surface area contributed by atoms with E-state index in [1.807, 2.05) is 18.0 Å². The summed E-state index contributed by atoms with van der Waals surface area (Å²) in [5.74, 6) is 0.832. The highest BCUT2D eigenvalue weighted by molar-refractivity contribution is 5.76. The van der Waals surface area contributed by atoms with Crippen LogP contribution in [0, 0.1) is 5.92 Å². The second-order valence-corrected chi connectivity index (χ2v) is 4.72. The van der Waals surface area contributed by atoms with Gasteiger partial charge < -0.3 is 4.90 Å². The Labute approximate surface area is 97.3 Å². The van der Waals surface area contributed by atoms with E-state index in [2.05, 4.69) is 24.3 Å². The molecule has 0 spiro atoms. The van der Waals surface area contributed by atoms with E-state index in [1.54, 1.807) is 0 Å². The first-order valence-corrected chi connectivity index (χ1v) is 6.03. The van der Waals surface area contributed by atoms with Gasteiger partial charge in [-0.1, -0.05) is 30.3 Å². The van der Waals surface area contributed by atoms with Gasteiger partial charge in [-0.2, -0.15) is 0 Å². The minimum atomic E-state index is 0.304. The number of hydrogen-bond acceptors (Lipinski definition) is 1. The van der Waals surface area contributed by atoms with Crippen molar-refractivity contribution in [1.29, 1.82) is 0 Å². The van der Waals surface area contributed by atoms with Crippen LogP contribution in [0.5, 0.6) is 0 Å². The number of hydrogen-bond donors (Lipinski definition) is 0. The molecule has 1 aromatic rings. The molecule has 2 nitrogen and oxygen atoms in total. The minimum Gasteiger partial charge on any atom is -0.346 e. The van der Waals surface area contributed by atoms with Crippen molar-refractivity contribution in [2.24, 2.45) is 5.92 Å². The fourth-order valence-corrected chi connectivity index (χ4v) is 2.37. The molecule has 1 saturated heterocycles. The fourth-order valence-electron chi connectivity index (χ4n) is 2.37. The molecule has 0 bridgehead atoms.